The van der Waals surface area contributed by atoms with Gasteiger partial charge in [-0.25, -0.2) is 0 Å². The molecule has 2 atom stereocenters. The van der Waals surface area contributed by atoms with Crippen molar-refractivity contribution in [2.24, 2.45) is 5.41 Å². The Kier molecular flexibility index (Phi) is 1.84. The third-order valence-corrected chi connectivity index (χ3v) is 4.17. The summed E-state index contributed by atoms with van der Waals surface area (Å²) in [6.45, 7) is 0.882. The molecule has 0 aromatic heterocycles. The number of nitrogens with one attached hydrogen (secondary N) is 1. The van der Waals surface area contributed by atoms with Crippen LogP contribution in [-0.4, -0.2) is 24.7 Å². The van der Waals surface area contributed by atoms with Crippen LogP contribution < -0.4 is 5.32 Å². The zero-order valence-corrected chi connectivity index (χ0v) is 8.42. The molecule has 0 aromatic carbocycles. The minimum absolute atomic E-state index is 0.0188. The van der Waals surface area contributed by atoms with Crippen LogP contribution >= 0.6 is 0 Å². The zero-order chi connectivity index (χ0) is 9.60. The zero-order valence-electron chi connectivity index (χ0n) is 8.42. The predicted octanol–water partition coefficient (Wildman–Crippen LogP) is 1.22. The monoisotopic (exact) mass is 195 g/mol. The fraction of sp³-hybridized carbons (Fsp3) is 0.909. The van der Waals surface area contributed by atoms with E-state index in [9.17, 15) is 4.79 Å². The third kappa shape index (κ3) is 0.991. The molecule has 1 N–H and O–H groups in total. The fourth-order valence-corrected chi connectivity index (χ4v) is 3.34. The van der Waals surface area contributed by atoms with E-state index in [2.05, 4.69) is 5.32 Å². The summed E-state index contributed by atoms with van der Waals surface area (Å²) in [5.41, 5.74) is -0.0188. The highest BCUT2D eigenvalue weighted by Gasteiger charge is 2.59. The second kappa shape index (κ2) is 2.96. The number of β-lactam (4-membered cyclic amide) rings is 1. The second-order valence-electron chi connectivity index (χ2n) is 4.87. The number of rotatable bonds is 1. The van der Waals surface area contributed by atoms with Crippen molar-refractivity contribution in [2.75, 3.05) is 6.61 Å². The van der Waals surface area contributed by atoms with Gasteiger partial charge in [-0.15, -0.1) is 0 Å². The molecule has 3 heteroatoms. The standard InChI is InChI=1S/C11H17NO2/c13-10-11(5-1-2-6-11)9(12-10)8-4-3-7-14-8/h8-9H,1-7H2,(H,12,13). The minimum Gasteiger partial charge on any atom is -0.376 e. The summed E-state index contributed by atoms with van der Waals surface area (Å²) in [6, 6.07) is 0.333. The van der Waals surface area contributed by atoms with Crippen LogP contribution in [0.15, 0.2) is 0 Å². The summed E-state index contributed by atoms with van der Waals surface area (Å²) >= 11 is 0. The summed E-state index contributed by atoms with van der Waals surface area (Å²) in [7, 11) is 0. The van der Waals surface area contributed by atoms with Crippen LogP contribution in [0.5, 0.6) is 0 Å². The average molecular weight is 195 g/mol. The molecule has 78 valence electrons. The van der Waals surface area contributed by atoms with E-state index >= 15 is 0 Å². The molecule has 2 unspecified atom stereocenters. The Morgan fingerprint density at radius 3 is 2.64 bits per heavy atom. The largest absolute Gasteiger partial charge is 0.376 e. The molecule has 2 heterocycles. The highest BCUT2D eigenvalue weighted by molar-refractivity contribution is 5.90. The van der Waals surface area contributed by atoms with Gasteiger partial charge < -0.3 is 10.1 Å². The normalized spacial score (nSPS) is 39.9. The predicted molar refractivity (Wildman–Crippen MR) is 51.8 cm³/mol. The lowest BCUT2D eigenvalue weighted by Crippen LogP contribution is -2.70. The average Bonchev–Trinajstić information content (AvgIpc) is 2.85. The Hall–Kier alpha value is -0.570. The van der Waals surface area contributed by atoms with E-state index in [0.29, 0.717) is 12.1 Å². The maximum absolute atomic E-state index is 11.7. The van der Waals surface area contributed by atoms with Crippen molar-refractivity contribution in [3.63, 3.8) is 0 Å². The van der Waals surface area contributed by atoms with Crippen molar-refractivity contribution in [2.45, 2.75) is 50.7 Å². The van der Waals surface area contributed by atoms with Gasteiger partial charge in [0.15, 0.2) is 0 Å². The molecule has 1 aliphatic carbocycles. The van der Waals surface area contributed by atoms with Crippen molar-refractivity contribution in [1.29, 1.82) is 0 Å². The molecule has 1 saturated carbocycles. The summed E-state index contributed by atoms with van der Waals surface area (Å²) < 4.78 is 5.68. The van der Waals surface area contributed by atoms with Crippen LogP contribution in [0, 0.1) is 5.41 Å². The highest BCUT2D eigenvalue weighted by atomic mass is 16.5. The van der Waals surface area contributed by atoms with Crippen LogP contribution in [0.3, 0.4) is 0 Å². The molecule has 1 amide bonds. The molecule has 0 bridgehead atoms. The molecular formula is C11H17NO2. The lowest BCUT2D eigenvalue weighted by Gasteiger charge is -2.48. The van der Waals surface area contributed by atoms with Gasteiger partial charge in [-0.3, -0.25) is 4.79 Å². The van der Waals surface area contributed by atoms with Gasteiger partial charge in [0.25, 0.3) is 0 Å². The third-order valence-electron chi connectivity index (χ3n) is 4.17. The van der Waals surface area contributed by atoms with Gasteiger partial charge in [-0.2, -0.15) is 0 Å². The van der Waals surface area contributed by atoms with Gasteiger partial charge in [-0.1, -0.05) is 12.8 Å². The number of amides is 1. The van der Waals surface area contributed by atoms with E-state index in [1.165, 1.54) is 12.8 Å². The van der Waals surface area contributed by atoms with Crippen molar-refractivity contribution >= 4 is 5.91 Å². The van der Waals surface area contributed by atoms with Crippen LogP contribution in [0.2, 0.25) is 0 Å². The molecule has 2 aliphatic heterocycles. The number of hydrogen-bond acceptors (Lipinski definition) is 2. The summed E-state index contributed by atoms with van der Waals surface area (Å²) in [4.78, 5) is 11.7. The Labute approximate surface area is 84.2 Å². The molecule has 2 saturated heterocycles. The molecule has 0 aromatic rings. The molecule has 1 spiro atoms. The Morgan fingerprint density at radius 1 is 1.29 bits per heavy atom. The molecule has 3 nitrogen and oxygen atoms in total. The Morgan fingerprint density at radius 2 is 2.07 bits per heavy atom. The van der Waals surface area contributed by atoms with Crippen LogP contribution in [0.25, 0.3) is 0 Å². The topological polar surface area (TPSA) is 38.3 Å². The SMILES string of the molecule is O=C1NC(C2CCCO2)C12CCCC2. The number of carbonyl (C=O) groups excluding carboxylic acids is 1. The number of carbonyl (C=O) groups is 1. The van der Waals surface area contributed by atoms with Gasteiger partial charge in [0.1, 0.15) is 0 Å². The molecular weight excluding hydrogens is 178 g/mol. The van der Waals surface area contributed by atoms with Crippen LogP contribution in [0.4, 0.5) is 0 Å². The second-order valence-corrected chi connectivity index (χ2v) is 4.87. The lowest BCUT2D eigenvalue weighted by atomic mass is 9.68. The minimum atomic E-state index is -0.0188. The van der Waals surface area contributed by atoms with E-state index in [-0.39, 0.29) is 11.3 Å². The highest BCUT2D eigenvalue weighted by Crippen LogP contribution is 2.49. The van der Waals surface area contributed by atoms with Crippen molar-refractivity contribution in [3.8, 4) is 0 Å². The van der Waals surface area contributed by atoms with E-state index in [0.717, 1.165) is 32.3 Å². The summed E-state index contributed by atoms with van der Waals surface area (Å²) in [5, 5.41) is 3.05. The van der Waals surface area contributed by atoms with Gasteiger partial charge in [0, 0.05) is 6.61 Å². The van der Waals surface area contributed by atoms with E-state index < -0.39 is 0 Å². The smallest absolute Gasteiger partial charge is 0.228 e. The van der Waals surface area contributed by atoms with Crippen molar-refractivity contribution in [1.82, 2.24) is 5.32 Å². The van der Waals surface area contributed by atoms with Gasteiger partial charge >= 0.3 is 0 Å². The molecule has 3 aliphatic rings. The first-order chi connectivity index (χ1) is 6.83. The Bertz CT molecular complexity index is 252. The lowest BCUT2D eigenvalue weighted by molar-refractivity contribution is -0.152. The Balaban J connectivity index is 1.77. The van der Waals surface area contributed by atoms with E-state index in [4.69, 9.17) is 4.74 Å². The van der Waals surface area contributed by atoms with Crippen molar-refractivity contribution in [3.05, 3.63) is 0 Å². The number of ether oxygens (including phenoxy) is 1. The molecule has 0 radical (unpaired) electrons. The molecule has 3 rings (SSSR count). The molecule has 3 fully saturated rings. The fourth-order valence-electron chi connectivity index (χ4n) is 3.34. The van der Waals surface area contributed by atoms with E-state index in [1.807, 2.05) is 0 Å². The molecule has 14 heavy (non-hydrogen) atoms. The van der Waals surface area contributed by atoms with Crippen molar-refractivity contribution < 1.29 is 9.53 Å². The maximum Gasteiger partial charge on any atom is 0.228 e. The quantitative estimate of drug-likeness (QED) is 0.639. The van der Waals surface area contributed by atoms with Crippen LogP contribution in [0.1, 0.15) is 38.5 Å². The van der Waals surface area contributed by atoms with E-state index in [1.54, 1.807) is 0 Å². The van der Waals surface area contributed by atoms with Gasteiger partial charge in [0.05, 0.1) is 17.6 Å². The summed E-state index contributed by atoms with van der Waals surface area (Å²) in [5.74, 6) is 0.288. The number of hydrogen-bond donors (Lipinski definition) is 1. The first-order valence-corrected chi connectivity index (χ1v) is 5.75. The van der Waals surface area contributed by atoms with Crippen LogP contribution in [-0.2, 0) is 9.53 Å². The first kappa shape index (κ1) is 8.72. The van der Waals surface area contributed by atoms with Gasteiger partial charge in [-0.05, 0) is 25.7 Å². The van der Waals surface area contributed by atoms with Gasteiger partial charge in [0.2, 0.25) is 5.91 Å². The summed E-state index contributed by atoms with van der Waals surface area (Å²) in [6.07, 6.45) is 7.21. The first-order valence-electron chi connectivity index (χ1n) is 5.75. The maximum atomic E-state index is 11.7.